The molecule has 1 aliphatic heterocycles. The van der Waals surface area contributed by atoms with Crippen molar-refractivity contribution in [3.63, 3.8) is 0 Å². The van der Waals surface area contributed by atoms with Crippen molar-refractivity contribution in [1.29, 1.82) is 0 Å². The molecule has 166 valence electrons. The summed E-state index contributed by atoms with van der Waals surface area (Å²) in [5.74, 6) is 3.31. The van der Waals surface area contributed by atoms with Crippen LogP contribution in [0.25, 0.3) is 0 Å². The number of amides is 1. The molecule has 0 unspecified atom stereocenters. The molecular weight excluding hydrogens is 398 g/mol. The predicted octanol–water partition coefficient (Wildman–Crippen LogP) is 3.79. The number of carbonyl (C=O) groups excluding carboxylic acids is 1. The molecule has 2 aliphatic rings. The highest BCUT2D eigenvalue weighted by Crippen LogP contribution is 2.45. The molecule has 0 aromatic heterocycles. The third-order valence-corrected chi connectivity index (χ3v) is 6.35. The van der Waals surface area contributed by atoms with Crippen molar-refractivity contribution < 1.29 is 28.5 Å². The zero-order valence-electron chi connectivity index (χ0n) is 18.4. The van der Waals surface area contributed by atoms with Gasteiger partial charge in [-0.2, -0.15) is 0 Å². The highest BCUT2D eigenvalue weighted by atomic mass is 16.5. The number of piperidine rings is 1. The third-order valence-electron chi connectivity index (χ3n) is 6.35. The minimum Gasteiger partial charge on any atom is -0.497 e. The number of fused-ring (bicyclic) bond motifs is 2. The molecule has 1 saturated heterocycles. The van der Waals surface area contributed by atoms with Crippen LogP contribution in [0.15, 0.2) is 36.4 Å². The van der Waals surface area contributed by atoms with Crippen LogP contribution in [0.3, 0.4) is 0 Å². The minimum absolute atomic E-state index is 0.0246. The predicted molar refractivity (Wildman–Crippen MR) is 116 cm³/mol. The Bertz CT molecular complexity index is 920. The standard InChI is InChI=1S/C24H29NO6/c1-27-18-6-5-7-19(13-18)31-14-20-15-8-9-17(10-15)25(20)24(26)16-11-21(28-2)23(30-4)22(12-16)29-3/h5-7,11-13,15,17,20H,8-10,14H2,1-4H3/t15-,17+,20+/m1/s1. The van der Waals surface area contributed by atoms with Gasteiger partial charge in [-0.1, -0.05) is 6.07 Å². The summed E-state index contributed by atoms with van der Waals surface area (Å²) in [5, 5.41) is 0. The Morgan fingerprint density at radius 1 is 0.935 bits per heavy atom. The zero-order chi connectivity index (χ0) is 22.0. The number of likely N-dealkylation sites (tertiary alicyclic amines) is 1. The van der Waals surface area contributed by atoms with Crippen molar-refractivity contribution in [1.82, 2.24) is 4.90 Å². The van der Waals surface area contributed by atoms with Crippen LogP contribution in [-0.4, -0.2) is 57.9 Å². The van der Waals surface area contributed by atoms with E-state index in [1.54, 1.807) is 40.6 Å². The lowest BCUT2D eigenvalue weighted by atomic mass is 9.98. The van der Waals surface area contributed by atoms with Crippen molar-refractivity contribution in [2.24, 2.45) is 5.92 Å². The van der Waals surface area contributed by atoms with Crippen LogP contribution in [0.1, 0.15) is 29.6 Å². The zero-order valence-corrected chi connectivity index (χ0v) is 18.4. The molecule has 1 amide bonds. The summed E-state index contributed by atoms with van der Waals surface area (Å²) in [5.41, 5.74) is 0.522. The van der Waals surface area contributed by atoms with Gasteiger partial charge in [-0.15, -0.1) is 0 Å². The molecule has 2 aromatic carbocycles. The monoisotopic (exact) mass is 427 g/mol. The summed E-state index contributed by atoms with van der Waals surface area (Å²) in [7, 11) is 6.28. The van der Waals surface area contributed by atoms with Crippen molar-refractivity contribution in [2.75, 3.05) is 35.0 Å². The van der Waals surface area contributed by atoms with Crippen molar-refractivity contribution >= 4 is 5.91 Å². The summed E-state index contributed by atoms with van der Waals surface area (Å²) in [4.78, 5) is 15.6. The lowest BCUT2D eigenvalue weighted by molar-refractivity contribution is 0.0505. The molecule has 2 bridgehead atoms. The van der Waals surface area contributed by atoms with Gasteiger partial charge in [0.25, 0.3) is 5.91 Å². The number of hydrogen-bond acceptors (Lipinski definition) is 6. The first-order valence-corrected chi connectivity index (χ1v) is 10.5. The second kappa shape index (κ2) is 8.96. The first kappa shape index (κ1) is 21.2. The van der Waals surface area contributed by atoms with Crippen LogP contribution in [-0.2, 0) is 0 Å². The molecule has 0 spiro atoms. The highest BCUT2D eigenvalue weighted by Gasteiger charge is 2.48. The highest BCUT2D eigenvalue weighted by molar-refractivity contribution is 5.96. The second-order valence-electron chi connectivity index (χ2n) is 7.91. The van der Waals surface area contributed by atoms with E-state index in [0.29, 0.717) is 35.3 Å². The molecule has 2 fully saturated rings. The SMILES string of the molecule is COc1cccc(OC[C@H]2[C@@H]3CC[C@@H](C3)N2C(=O)c2cc(OC)c(OC)c(OC)c2)c1. The fourth-order valence-corrected chi connectivity index (χ4v) is 4.85. The first-order chi connectivity index (χ1) is 15.1. The van der Waals surface area contributed by atoms with Gasteiger partial charge in [-0.25, -0.2) is 0 Å². The van der Waals surface area contributed by atoms with Gasteiger partial charge in [-0.3, -0.25) is 4.79 Å². The lowest BCUT2D eigenvalue weighted by Crippen LogP contribution is -2.47. The molecular formula is C24H29NO6. The number of rotatable bonds is 8. The van der Waals surface area contributed by atoms with E-state index in [9.17, 15) is 4.79 Å². The third kappa shape index (κ3) is 3.96. The molecule has 0 radical (unpaired) electrons. The average Bonchev–Trinajstić information content (AvgIpc) is 3.43. The van der Waals surface area contributed by atoms with Crippen LogP contribution in [0.2, 0.25) is 0 Å². The molecule has 2 aromatic rings. The van der Waals surface area contributed by atoms with E-state index in [2.05, 4.69) is 0 Å². The smallest absolute Gasteiger partial charge is 0.254 e. The van der Waals surface area contributed by atoms with Crippen LogP contribution in [0.4, 0.5) is 0 Å². The van der Waals surface area contributed by atoms with Crippen LogP contribution in [0.5, 0.6) is 28.7 Å². The quantitative estimate of drug-likeness (QED) is 0.639. The maximum absolute atomic E-state index is 13.6. The molecule has 1 aliphatic carbocycles. The molecule has 1 saturated carbocycles. The van der Waals surface area contributed by atoms with Crippen molar-refractivity contribution in [3.8, 4) is 28.7 Å². The summed E-state index contributed by atoms with van der Waals surface area (Å²) >= 11 is 0. The Morgan fingerprint density at radius 3 is 2.29 bits per heavy atom. The van der Waals surface area contributed by atoms with Gasteiger partial charge in [0, 0.05) is 17.7 Å². The second-order valence-corrected chi connectivity index (χ2v) is 7.91. The van der Waals surface area contributed by atoms with E-state index in [-0.39, 0.29) is 18.0 Å². The number of nitrogens with zero attached hydrogens (tertiary/aromatic N) is 1. The van der Waals surface area contributed by atoms with E-state index in [1.165, 1.54) is 0 Å². The van der Waals surface area contributed by atoms with E-state index in [1.807, 2.05) is 29.2 Å². The van der Waals surface area contributed by atoms with E-state index < -0.39 is 0 Å². The largest absolute Gasteiger partial charge is 0.497 e. The van der Waals surface area contributed by atoms with Gasteiger partial charge in [0.15, 0.2) is 11.5 Å². The Balaban J connectivity index is 1.57. The number of ether oxygens (including phenoxy) is 5. The molecule has 1 heterocycles. The fourth-order valence-electron chi connectivity index (χ4n) is 4.85. The summed E-state index contributed by atoms with van der Waals surface area (Å²) < 4.78 is 27.6. The van der Waals surface area contributed by atoms with Gasteiger partial charge in [0.05, 0.1) is 34.5 Å². The van der Waals surface area contributed by atoms with Crippen LogP contribution < -0.4 is 23.7 Å². The summed E-state index contributed by atoms with van der Waals surface area (Å²) in [6, 6.07) is 11.2. The Kier molecular flexibility index (Phi) is 6.11. The molecule has 3 atom stereocenters. The molecule has 0 N–H and O–H groups in total. The number of benzene rings is 2. The maximum atomic E-state index is 13.6. The Morgan fingerprint density at radius 2 is 1.65 bits per heavy atom. The first-order valence-electron chi connectivity index (χ1n) is 10.5. The molecule has 31 heavy (non-hydrogen) atoms. The van der Waals surface area contributed by atoms with Gasteiger partial charge in [0.2, 0.25) is 5.75 Å². The normalized spacial score (nSPS) is 21.7. The van der Waals surface area contributed by atoms with Gasteiger partial charge < -0.3 is 28.6 Å². The lowest BCUT2D eigenvalue weighted by Gasteiger charge is -2.35. The van der Waals surface area contributed by atoms with Crippen LogP contribution >= 0.6 is 0 Å². The van der Waals surface area contributed by atoms with E-state index in [0.717, 1.165) is 30.8 Å². The number of methoxy groups -OCH3 is 4. The molecule has 4 rings (SSSR count). The molecule has 7 heteroatoms. The summed E-state index contributed by atoms with van der Waals surface area (Å²) in [6.45, 7) is 0.449. The fraction of sp³-hybridized carbons (Fsp3) is 0.458. The Labute approximate surface area is 182 Å². The van der Waals surface area contributed by atoms with Crippen LogP contribution in [0, 0.1) is 5.92 Å². The maximum Gasteiger partial charge on any atom is 0.254 e. The van der Waals surface area contributed by atoms with E-state index >= 15 is 0 Å². The molecule has 7 nitrogen and oxygen atoms in total. The Hall–Kier alpha value is -3.09. The minimum atomic E-state index is -0.0364. The van der Waals surface area contributed by atoms with Gasteiger partial charge >= 0.3 is 0 Å². The number of carbonyl (C=O) groups is 1. The topological polar surface area (TPSA) is 66.5 Å². The summed E-state index contributed by atoms with van der Waals surface area (Å²) in [6.07, 6.45) is 3.16. The van der Waals surface area contributed by atoms with Gasteiger partial charge in [0.1, 0.15) is 18.1 Å². The van der Waals surface area contributed by atoms with Gasteiger partial charge in [-0.05, 0) is 49.4 Å². The van der Waals surface area contributed by atoms with Crippen molar-refractivity contribution in [3.05, 3.63) is 42.0 Å². The average molecular weight is 427 g/mol. The van der Waals surface area contributed by atoms with Crippen molar-refractivity contribution in [2.45, 2.75) is 31.3 Å². The number of hydrogen-bond donors (Lipinski definition) is 0. The van der Waals surface area contributed by atoms with E-state index in [4.69, 9.17) is 23.7 Å².